The summed E-state index contributed by atoms with van der Waals surface area (Å²) < 4.78 is 5.07. The van der Waals surface area contributed by atoms with E-state index in [1.54, 1.807) is 0 Å². The Hall–Kier alpha value is -1.35. The average Bonchev–Trinajstić information content (AvgIpc) is 2.48. The van der Waals surface area contributed by atoms with Gasteiger partial charge in [-0.3, -0.25) is 4.79 Å². The second-order valence-corrected chi connectivity index (χ2v) is 4.76. The maximum atomic E-state index is 12.3. The Bertz CT molecular complexity index is 385. The van der Waals surface area contributed by atoms with Gasteiger partial charge in [-0.1, -0.05) is 51.1 Å². The van der Waals surface area contributed by atoms with Gasteiger partial charge >= 0.3 is 5.97 Å². The van der Waals surface area contributed by atoms with Crippen LogP contribution >= 0.6 is 0 Å². The zero-order valence-electron chi connectivity index (χ0n) is 12.4. The molecule has 1 rings (SSSR count). The first kappa shape index (κ1) is 15.7. The summed E-state index contributed by atoms with van der Waals surface area (Å²) in [6.07, 6.45) is 1.51. The van der Waals surface area contributed by atoms with Gasteiger partial charge in [0.15, 0.2) is 0 Å². The van der Waals surface area contributed by atoms with Crippen LogP contribution in [0.15, 0.2) is 30.3 Å². The normalized spacial score (nSPS) is 13.1. The maximum absolute atomic E-state index is 12.3. The number of hydrogen-bond donors (Lipinski definition) is 1. The summed E-state index contributed by atoms with van der Waals surface area (Å²) in [5.41, 5.74) is 0.630. The number of methoxy groups -OCH3 is 1. The Labute approximate surface area is 116 Å². The second-order valence-electron chi connectivity index (χ2n) is 4.76. The van der Waals surface area contributed by atoms with Gasteiger partial charge in [-0.15, -0.1) is 0 Å². The van der Waals surface area contributed by atoms with Gasteiger partial charge in [0.25, 0.3) is 0 Å². The predicted octanol–water partition coefficient (Wildman–Crippen LogP) is 3.32. The largest absolute Gasteiger partial charge is 0.469 e. The molecule has 19 heavy (non-hydrogen) atoms. The standard InChI is InChI=1S/C16H25NO2/c1-5-16(6-2,15(18)19-4)14(17-7-3)13-11-9-8-10-12-13/h8-12,14,17H,5-7H2,1-4H3/t14-/m1/s1. The van der Waals surface area contributed by atoms with Gasteiger partial charge in [-0.25, -0.2) is 0 Å². The highest BCUT2D eigenvalue weighted by atomic mass is 16.5. The van der Waals surface area contributed by atoms with Crippen LogP contribution in [0.2, 0.25) is 0 Å². The van der Waals surface area contributed by atoms with Crippen molar-refractivity contribution in [1.82, 2.24) is 5.32 Å². The van der Waals surface area contributed by atoms with Crippen molar-refractivity contribution in [2.45, 2.75) is 39.7 Å². The monoisotopic (exact) mass is 263 g/mol. The van der Waals surface area contributed by atoms with Gasteiger partial charge in [0, 0.05) is 6.04 Å². The molecule has 0 heterocycles. The van der Waals surface area contributed by atoms with Crippen LogP contribution in [-0.2, 0) is 9.53 Å². The fourth-order valence-corrected chi connectivity index (χ4v) is 2.75. The van der Waals surface area contributed by atoms with Crippen LogP contribution in [0.1, 0.15) is 45.2 Å². The molecule has 3 nitrogen and oxygen atoms in total. The van der Waals surface area contributed by atoms with Crippen molar-refractivity contribution in [2.75, 3.05) is 13.7 Å². The minimum atomic E-state index is -0.508. The molecule has 3 heteroatoms. The van der Waals surface area contributed by atoms with Crippen molar-refractivity contribution in [3.8, 4) is 0 Å². The molecule has 0 saturated carbocycles. The third-order valence-electron chi connectivity index (χ3n) is 3.95. The first-order valence-electron chi connectivity index (χ1n) is 7.03. The fourth-order valence-electron chi connectivity index (χ4n) is 2.75. The lowest BCUT2D eigenvalue weighted by Gasteiger charge is -2.37. The van der Waals surface area contributed by atoms with Crippen LogP contribution in [0.5, 0.6) is 0 Å². The molecule has 0 spiro atoms. The number of rotatable bonds is 7. The van der Waals surface area contributed by atoms with Crippen molar-refractivity contribution in [1.29, 1.82) is 0 Å². The van der Waals surface area contributed by atoms with Crippen molar-refractivity contribution < 1.29 is 9.53 Å². The molecule has 0 saturated heterocycles. The van der Waals surface area contributed by atoms with Crippen LogP contribution in [0.25, 0.3) is 0 Å². The summed E-state index contributed by atoms with van der Waals surface area (Å²) in [7, 11) is 1.47. The third kappa shape index (κ3) is 3.16. The minimum absolute atomic E-state index is 0.0128. The molecule has 1 aromatic rings. The highest BCUT2D eigenvalue weighted by Gasteiger charge is 2.44. The molecule has 0 aromatic heterocycles. The molecule has 0 bridgehead atoms. The summed E-state index contributed by atoms with van der Waals surface area (Å²) in [4.78, 5) is 12.3. The van der Waals surface area contributed by atoms with E-state index in [4.69, 9.17) is 4.74 Å². The Morgan fingerprint density at radius 1 is 1.21 bits per heavy atom. The van der Waals surface area contributed by atoms with Crippen LogP contribution in [0.3, 0.4) is 0 Å². The summed E-state index contributed by atoms with van der Waals surface area (Å²) >= 11 is 0. The molecular weight excluding hydrogens is 238 g/mol. The van der Waals surface area contributed by atoms with Gasteiger partial charge in [-0.05, 0) is 24.9 Å². The first-order valence-corrected chi connectivity index (χ1v) is 7.03. The van der Waals surface area contributed by atoms with Crippen LogP contribution in [-0.4, -0.2) is 19.6 Å². The zero-order chi connectivity index (χ0) is 14.3. The highest BCUT2D eigenvalue weighted by Crippen LogP contribution is 2.41. The number of carbonyl (C=O) groups excluding carboxylic acids is 1. The van der Waals surface area contributed by atoms with Crippen LogP contribution in [0.4, 0.5) is 0 Å². The smallest absolute Gasteiger partial charge is 0.313 e. The van der Waals surface area contributed by atoms with Gasteiger partial charge < -0.3 is 10.1 Å². The molecule has 1 atom stereocenters. The topological polar surface area (TPSA) is 38.3 Å². The van der Waals surface area contributed by atoms with Crippen LogP contribution < -0.4 is 5.32 Å². The molecule has 0 unspecified atom stereocenters. The van der Waals surface area contributed by atoms with E-state index in [2.05, 4.69) is 24.4 Å². The molecular formula is C16H25NO2. The lowest BCUT2D eigenvalue weighted by molar-refractivity contribution is -0.155. The SMILES string of the molecule is CCN[C@H](c1ccccc1)C(CC)(CC)C(=O)OC. The van der Waals surface area contributed by atoms with E-state index in [1.165, 1.54) is 7.11 Å². The van der Waals surface area contributed by atoms with Crippen LogP contribution in [0, 0.1) is 5.41 Å². The molecule has 0 radical (unpaired) electrons. The molecule has 0 aliphatic heterocycles. The molecule has 1 aromatic carbocycles. The summed E-state index contributed by atoms with van der Waals surface area (Å²) in [6.45, 7) is 6.98. The number of nitrogens with one attached hydrogen (secondary N) is 1. The molecule has 1 N–H and O–H groups in total. The number of benzene rings is 1. The average molecular weight is 263 g/mol. The van der Waals surface area contributed by atoms with E-state index in [1.807, 2.05) is 32.0 Å². The first-order chi connectivity index (χ1) is 9.16. The van der Waals surface area contributed by atoms with Gasteiger partial charge in [0.1, 0.15) is 0 Å². The van der Waals surface area contributed by atoms with E-state index in [-0.39, 0.29) is 12.0 Å². The predicted molar refractivity (Wildman–Crippen MR) is 77.9 cm³/mol. The van der Waals surface area contributed by atoms with Crippen molar-refractivity contribution in [2.24, 2.45) is 5.41 Å². The summed E-state index contributed by atoms with van der Waals surface area (Å²) in [6, 6.07) is 10.1. The quantitative estimate of drug-likeness (QED) is 0.767. The maximum Gasteiger partial charge on any atom is 0.313 e. The van der Waals surface area contributed by atoms with Crippen molar-refractivity contribution in [3.63, 3.8) is 0 Å². The number of ether oxygens (including phenoxy) is 1. The second kappa shape index (κ2) is 7.29. The lowest BCUT2D eigenvalue weighted by Crippen LogP contribution is -2.44. The summed E-state index contributed by atoms with van der Waals surface area (Å²) in [5, 5.41) is 3.46. The number of carbonyl (C=O) groups is 1. The van der Waals surface area contributed by atoms with Crippen molar-refractivity contribution in [3.05, 3.63) is 35.9 Å². The Morgan fingerprint density at radius 2 is 1.79 bits per heavy atom. The van der Waals surface area contributed by atoms with Crippen molar-refractivity contribution >= 4 is 5.97 Å². The molecule has 0 aliphatic carbocycles. The fraction of sp³-hybridized carbons (Fsp3) is 0.562. The minimum Gasteiger partial charge on any atom is -0.469 e. The van der Waals surface area contributed by atoms with E-state index in [0.717, 1.165) is 24.9 Å². The Kier molecular flexibility index (Phi) is 6.03. The molecule has 0 aliphatic rings. The van der Waals surface area contributed by atoms with E-state index in [0.29, 0.717) is 0 Å². The summed E-state index contributed by atoms with van der Waals surface area (Å²) in [5.74, 6) is -0.132. The Morgan fingerprint density at radius 3 is 2.21 bits per heavy atom. The molecule has 0 amide bonds. The number of hydrogen-bond acceptors (Lipinski definition) is 3. The lowest BCUT2D eigenvalue weighted by atomic mass is 9.72. The highest BCUT2D eigenvalue weighted by molar-refractivity contribution is 5.78. The van der Waals surface area contributed by atoms with E-state index < -0.39 is 5.41 Å². The van der Waals surface area contributed by atoms with Gasteiger partial charge in [0.2, 0.25) is 0 Å². The third-order valence-corrected chi connectivity index (χ3v) is 3.95. The van der Waals surface area contributed by atoms with E-state index >= 15 is 0 Å². The Balaban J connectivity index is 3.24. The van der Waals surface area contributed by atoms with Gasteiger partial charge in [0.05, 0.1) is 12.5 Å². The van der Waals surface area contributed by atoms with E-state index in [9.17, 15) is 4.79 Å². The number of esters is 1. The van der Waals surface area contributed by atoms with Gasteiger partial charge in [-0.2, -0.15) is 0 Å². The zero-order valence-corrected chi connectivity index (χ0v) is 12.4. The molecule has 106 valence electrons. The molecule has 0 fully saturated rings.